The summed E-state index contributed by atoms with van der Waals surface area (Å²) in [6.45, 7) is 5.49. The van der Waals surface area contributed by atoms with Gasteiger partial charge in [0.25, 0.3) is 11.8 Å². The number of carbonyl (C=O) groups is 3. The van der Waals surface area contributed by atoms with E-state index in [1.165, 1.54) is 30.6 Å². The summed E-state index contributed by atoms with van der Waals surface area (Å²) >= 11 is 0. The number of anilines is 1. The summed E-state index contributed by atoms with van der Waals surface area (Å²) in [6.07, 6.45) is 6.83. The van der Waals surface area contributed by atoms with Crippen molar-refractivity contribution >= 4 is 23.6 Å². The quantitative estimate of drug-likeness (QED) is 0.125. The first-order valence-corrected chi connectivity index (χ1v) is 16.4. The topological polar surface area (TPSA) is 79.0 Å². The van der Waals surface area contributed by atoms with Gasteiger partial charge in [0.2, 0.25) is 0 Å². The third kappa shape index (κ3) is 8.80. The highest BCUT2D eigenvalue weighted by Crippen LogP contribution is 2.28. The Hall–Kier alpha value is -4.01. The number of imide groups is 1. The number of unbranched alkanes of at least 4 members (excludes halogenated alkanes) is 3. The first-order chi connectivity index (χ1) is 21.8. The molecule has 3 aromatic rings. The molecule has 0 aromatic heterocycles. The highest BCUT2D eigenvalue weighted by molar-refractivity contribution is 6.21. The lowest BCUT2D eigenvalue weighted by Crippen LogP contribution is -2.43. The predicted octanol–water partition coefficient (Wildman–Crippen LogP) is 6.69. The van der Waals surface area contributed by atoms with Gasteiger partial charge in [-0.3, -0.25) is 19.8 Å². The molecule has 1 saturated heterocycles. The lowest BCUT2D eigenvalue weighted by atomic mass is 10.0. The van der Waals surface area contributed by atoms with Crippen molar-refractivity contribution in [1.82, 2.24) is 9.80 Å². The smallest absolute Gasteiger partial charge is 0.411 e. The molecule has 0 radical (unpaired) electrons. The molecule has 2 aliphatic heterocycles. The fourth-order valence-electron chi connectivity index (χ4n) is 6.44. The minimum atomic E-state index is -0.387. The summed E-state index contributed by atoms with van der Waals surface area (Å²) in [7, 11) is 4.47. The minimum absolute atomic E-state index is 0.0535. The van der Waals surface area contributed by atoms with E-state index in [0.29, 0.717) is 17.7 Å². The van der Waals surface area contributed by atoms with E-state index in [-0.39, 0.29) is 24.0 Å². The number of nitrogens with one attached hydrogen (secondary N) is 1. The summed E-state index contributed by atoms with van der Waals surface area (Å²) in [5.74, 6) is -0.326. The van der Waals surface area contributed by atoms with Gasteiger partial charge in [0.15, 0.2) is 0 Å². The largest absolute Gasteiger partial charge is 0.446 e. The lowest BCUT2D eigenvalue weighted by molar-refractivity contribution is -0.890. The van der Waals surface area contributed by atoms with Crippen molar-refractivity contribution in [3.8, 4) is 11.1 Å². The fraction of sp³-hybridized carbons (Fsp3) is 0.432. The van der Waals surface area contributed by atoms with Crippen LogP contribution in [0.1, 0.15) is 65.7 Å². The zero-order chi connectivity index (χ0) is 31.6. The molecule has 0 saturated carbocycles. The van der Waals surface area contributed by atoms with Crippen LogP contribution in [0.15, 0.2) is 78.9 Å². The molecule has 8 nitrogen and oxygen atoms in total. The number of rotatable bonds is 14. The van der Waals surface area contributed by atoms with Crippen molar-refractivity contribution in [3.05, 3.63) is 90.0 Å². The molecule has 2 aliphatic rings. The van der Waals surface area contributed by atoms with Crippen LogP contribution in [0.4, 0.5) is 10.5 Å². The third-order valence-electron chi connectivity index (χ3n) is 9.07. The average molecular weight is 612 g/mol. The molecule has 45 heavy (non-hydrogen) atoms. The number of amides is 3. The highest BCUT2D eigenvalue weighted by Gasteiger charge is 2.35. The van der Waals surface area contributed by atoms with Crippen molar-refractivity contribution in [3.63, 3.8) is 0 Å². The summed E-state index contributed by atoms with van der Waals surface area (Å²) in [4.78, 5) is 41.8. The zero-order valence-electron chi connectivity index (χ0n) is 26.7. The average Bonchev–Trinajstić information content (AvgIpc) is 3.29. The van der Waals surface area contributed by atoms with E-state index in [4.69, 9.17) is 4.74 Å². The minimum Gasteiger partial charge on any atom is -0.446 e. The molecule has 1 fully saturated rings. The number of benzene rings is 3. The van der Waals surface area contributed by atoms with E-state index in [9.17, 15) is 14.4 Å². The second-order valence-corrected chi connectivity index (χ2v) is 12.9. The molecule has 0 spiro atoms. The van der Waals surface area contributed by atoms with Gasteiger partial charge in [-0.25, -0.2) is 4.79 Å². The Morgan fingerprint density at radius 1 is 0.733 bits per heavy atom. The number of hydrogen-bond acceptors (Lipinski definition) is 5. The van der Waals surface area contributed by atoms with Crippen molar-refractivity contribution in [1.29, 1.82) is 0 Å². The molecular weight excluding hydrogens is 564 g/mol. The normalized spacial score (nSPS) is 15.7. The van der Waals surface area contributed by atoms with Crippen molar-refractivity contribution in [2.75, 3.05) is 58.7 Å². The number of piperidine rings is 1. The van der Waals surface area contributed by atoms with Gasteiger partial charge in [0, 0.05) is 31.6 Å². The Labute approximate surface area is 267 Å². The van der Waals surface area contributed by atoms with Crippen LogP contribution in [0.2, 0.25) is 0 Å². The molecule has 238 valence electrons. The van der Waals surface area contributed by atoms with Gasteiger partial charge >= 0.3 is 6.09 Å². The number of quaternary nitrogens is 1. The molecule has 1 N–H and O–H groups in total. The number of fused-ring (bicyclic) bond motifs is 1. The molecule has 0 bridgehead atoms. The number of ether oxygens (including phenoxy) is 1. The monoisotopic (exact) mass is 611 g/mol. The molecule has 0 aliphatic carbocycles. The van der Waals surface area contributed by atoms with Crippen LogP contribution in [0.5, 0.6) is 0 Å². The van der Waals surface area contributed by atoms with Gasteiger partial charge in [-0.15, -0.1) is 0 Å². The molecule has 5 rings (SSSR count). The van der Waals surface area contributed by atoms with E-state index in [1.807, 2.05) is 66.7 Å². The Balaban J connectivity index is 0.918. The van der Waals surface area contributed by atoms with Crippen LogP contribution in [0.3, 0.4) is 0 Å². The summed E-state index contributed by atoms with van der Waals surface area (Å²) in [6, 6.07) is 24.9. The maximum Gasteiger partial charge on any atom is 0.411 e. The van der Waals surface area contributed by atoms with Gasteiger partial charge in [-0.1, -0.05) is 67.1 Å². The van der Waals surface area contributed by atoms with Gasteiger partial charge < -0.3 is 14.1 Å². The Morgan fingerprint density at radius 3 is 2.00 bits per heavy atom. The third-order valence-corrected chi connectivity index (χ3v) is 9.07. The van der Waals surface area contributed by atoms with E-state index >= 15 is 0 Å². The number of para-hydroxylation sites is 1. The molecule has 0 atom stereocenters. The highest BCUT2D eigenvalue weighted by atomic mass is 16.6. The van der Waals surface area contributed by atoms with Crippen molar-refractivity contribution in [2.45, 2.75) is 51.0 Å². The molecular formula is C37H47N4O4+. The second-order valence-electron chi connectivity index (χ2n) is 12.9. The van der Waals surface area contributed by atoms with Crippen molar-refractivity contribution < 1.29 is 23.6 Å². The van der Waals surface area contributed by atoms with Crippen LogP contribution in [0, 0.1) is 0 Å². The van der Waals surface area contributed by atoms with Gasteiger partial charge in [-0.05, 0) is 62.4 Å². The van der Waals surface area contributed by atoms with Crippen LogP contribution in [-0.4, -0.2) is 91.7 Å². The Bertz CT molecular complexity index is 1410. The van der Waals surface area contributed by atoms with Crippen LogP contribution >= 0.6 is 0 Å². The number of hydrogen-bond donors (Lipinski definition) is 1. The fourth-order valence-corrected chi connectivity index (χ4v) is 6.44. The number of carbonyl (C=O) groups excluding carboxylic acids is 3. The lowest BCUT2D eigenvalue weighted by Gasteiger charge is -2.32. The molecule has 0 unspecified atom stereocenters. The Morgan fingerprint density at radius 2 is 1.31 bits per heavy atom. The Kier molecular flexibility index (Phi) is 11.0. The van der Waals surface area contributed by atoms with Crippen molar-refractivity contribution in [2.24, 2.45) is 0 Å². The van der Waals surface area contributed by atoms with E-state index in [1.54, 1.807) is 12.1 Å². The summed E-state index contributed by atoms with van der Waals surface area (Å²) in [5, 5.41) is 2.96. The molecule has 3 aromatic carbocycles. The summed E-state index contributed by atoms with van der Waals surface area (Å²) < 4.78 is 6.68. The van der Waals surface area contributed by atoms with Crippen LogP contribution < -0.4 is 5.32 Å². The standard InChI is InChI=1S/C37H46N4O4/c1-41(2,28-14-24-40-35(42)32-18-8-9-19-33(32)36(40)43)27-13-4-3-12-23-39-25-21-30(22-26-39)45-37(44)38-34-20-11-10-17-31(34)29-15-6-5-7-16-29/h5-11,15-20,30H,3-4,12-14,21-28H2,1-2H3/p+1. The summed E-state index contributed by atoms with van der Waals surface area (Å²) in [5.41, 5.74) is 3.85. The predicted molar refractivity (Wildman–Crippen MR) is 178 cm³/mol. The van der Waals surface area contributed by atoms with E-state index < -0.39 is 0 Å². The zero-order valence-corrected chi connectivity index (χ0v) is 26.7. The first kappa shape index (κ1) is 32.4. The van der Waals surface area contributed by atoms with Gasteiger partial charge in [-0.2, -0.15) is 0 Å². The van der Waals surface area contributed by atoms with Gasteiger partial charge in [0.05, 0.1) is 44.0 Å². The van der Waals surface area contributed by atoms with Crippen LogP contribution in [-0.2, 0) is 4.74 Å². The number of likely N-dealkylation sites (tertiary alicyclic amines) is 1. The second kappa shape index (κ2) is 15.3. The maximum absolute atomic E-state index is 12.7. The molecule has 8 heteroatoms. The van der Waals surface area contributed by atoms with Crippen LogP contribution in [0.25, 0.3) is 11.1 Å². The molecule has 2 heterocycles. The van der Waals surface area contributed by atoms with E-state index in [2.05, 4.69) is 24.3 Å². The molecule has 3 amide bonds. The van der Waals surface area contributed by atoms with Gasteiger partial charge in [0.1, 0.15) is 6.10 Å². The van der Waals surface area contributed by atoms with E-state index in [0.717, 1.165) is 73.3 Å². The number of nitrogens with zero attached hydrogens (tertiary/aromatic N) is 3. The maximum atomic E-state index is 12.7. The SMILES string of the molecule is C[N+](C)(CCCCCCN1CCC(OC(=O)Nc2ccccc2-c2ccccc2)CC1)CCCN1C(=O)c2ccccc2C1=O. The first-order valence-electron chi connectivity index (χ1n) is 16.4.